The fraction of sp³-hybridized carbons (Fsp3) is 0.0667. The van der Waals surface area contributed by atoms with Crippen molar-refractivity contribution in [3.05, 3.63) is 114 Å². The summed E-state index contributed by atoms with van der Waals surface area (Å²) >= 11 is 1.45. The SMILES string of the molecule is Cc1cn(-c2cc(NC(=O)c3cccc4cc(Oc5ccnc(Nc6nccs6)c5)ccc34)cc(C(F)(F)F)c2)cn1. The van der Waals surface area contributed by atoms with Crippen LogP contribution >= 0.6 is 11.3 Å². The number of carbonyl (C=O) groups excluding carboxylic acids is 1. The minimum Gasteiger partial charge on any atom is -0.457 e. The highest BCUT2D eigenvalue weighted by molar-refractivity contribution is 7.13. The molecule has 3 aromatic carbocycles. The lowest BCUT2D eigenvalue weighted by molar-refractivity contribution is -0.137. The quantitative estimate of drug-likeness (QED) is 0.197. The number of anilines is 3. The van der Waals surface area contributed by atoms with Gasteiger partial charge in [0.05, 0.1) is 17.6 Å². The summed E-state index contributed by atoms with van der Waals surface area (Å²) < 4.78 is 48.5. The summed E-state index contributed by atoms with van der Waals surface area (Å²) in [6.45, 7) is 1.74. The Kier molecular flexibility index (Phi) is 7.05. The van der Waals surface area contributed by atoms with Crippen molar-refractivity contribution >= 4 is 44.7 Å². The largest absolute Gasteiger partial charge is 0.457 e. The van der Waals surface area contributed by atoms with Crippen molar-refractivity contribution in [1.82, 2.24) is 19.5 Å². The van der Waals surface area contributed by atoms with Crippen molar-refractivity contribution in [3.63, 3.8) is 0 Å². The molecule has 12 heteroatoms. The third kappa shape index (κ3) is 5.93. The lowest BCUT2D eigenvalue weighted by Gasteiger charge is -2.14. The van der Waals surface area contributed by atoms with Crippen molar-refractivity contribution in [3.8, 4) is 17.2 Å². The minimum absolute atomic E-state index is 0.00739. The fourth-order valence-corrected chi connectivity index (χ4v) is 4.89. The molecule has 0 fully saturated rings. The average molecular weight is 587 g/mol. The van der Waals surface area contributed by atoms with Gasteiger partial charge in [-0.1, -0.05) is 12.1 Å². The predicted octanol–water partition coefficient (Wildman–Crippen LogP) is 7.99. The van der Waals surface area contributed by atoms with Crippen LogP contribution in [0.1, 0.15) is 21.6 Å². The number of ether oxygens (including phenoxy) is 1. The molecule has 0 spiro atoms. The number of pyridine rings is 1. The standard InChI is InChI=1S/C30H21F3N6O2S/c1-18-16-39(17-36-18)22-13-20(30(31,32)33)12-21(14-22)37-28(40)26-4-2-3-19-11-23(5-6-25(19)26)41-24-7-8-34-27(15-24)38-29-35-9-10-42-29/h2-17H,1H3,(H,37,40)(H,34,35,38). The van der Waals surface area contributed by atoms with E-state index in [1.54, 1.807) is 68.0 Å². The first kappa shape index (κ1) is 27.0. The Hall–Kier alpha value is -5.23. The second-order valence-corrected chi connectivity index (χ2v) is 10.2. The summed E-state index contributed by atoms with van der Waals surface area (Å²) in [5.41, 5.74) is 0.293. The molecule has 0 aliphatic carbocycles. The van der Waals surface area contributed by atoms with E-state index in [0.29, 0.717) is 44.5 Å². The van der Waals surface area contributed by atoms with Crippen molar-refractivity contribution in [2.75, 3.05) is 10.6 Å². The normalized spacial score (nSPS) is 11.4. The van der Waals surface area contributed by atoms with Crippen LogP contribution in [0, 0.1) is 6.92 Å². The number of halogens is 3. The zero-order valence-corrected chi connectivity index (χ0v) is 22.7. The van der Waals surface area contributed by atoms with Crippen molar-refractivity contribution < 1.29 is 22.7 Å². The Bertz CT molecular complexity index is 1900. The number of nitrogens with zero attached hydrogens (tertiary/aromatic N) is 4. The van der Waals surface area contributed by atoms with Crippen LogP contribution in [-0.4, -0.2) is 25.4 Å². The van der Waals surface area contributed by atoms with E-state index >= 15 is 0 Å². The first-order chi connectivity index (χ1) is 20.2. The maximum absolute atomic E-state index is 13.7. The molecule has 0 unspecified atom stereocenters. The Morgan fingerprint density at radius 3 is 2.57 bits per heavy atom. The molecule has 42 heavy (non-hydrogen) atoms. The topological polar surface area (TPSA) is 94.0 Å². The molecule has 210 valence electrons. The number of thiazole rings is 1. The second-order valence-electron chi connectivity index (χ2n) is 9.27. The number of amides is 1. The maximum Gasteiger partial charge on any atom is 0.416 e. The fourth-order valence-electron chi connectivity index (χ4n) is 4.35. The Balaban J connectivity index is 1.25. The summed E-state index contributed by atoms with van der Waals surface area (Å²) in [7, 11) is 0. The van der Waals surface area contributed by atoms with Crippen molar-refractivity contribution in [1.29, 1.82) is 0 Å². The second kappa shape index (κ2) is 11.0. The zero-order valence-electron chi connectivity index (χ0n) is 21.9. The molecular formula is C30H21F3N6O2S. The number of nitrogens with one attached hydrogen (secondary N) is 2. The highest BCUT2D eigenvalue weighted by Gasteiger charge is 2.31. The van der Waals surface area contributed by atoms with E-state index < -0.39 is 17.6 Å². The van der Waals surface area contributed by atoms with Crippen LogP contribution in [0.25, 0.3) is 16.5 Å². The van der Waals surface area contributed by atoms with Gasteiger partial charge in [0, 0.05) is 47.0 Å². The smallest absolute Gasteiger partial charge is 0.416 e. The first-order valence-electron chi connectivity index (χ1n) is 12.6. The van der Waals surface area contributed by atoms with Crippen LogP contribution in [0.15, 0.2) is 97.0 Å². The monoisotopic (exact) mass is 586 g/mol. The minimum atomic E-state index is -4.60. The third-order valence-electron chi connectivity index (χ3n) is 6.24. The van der Waals surface area contributed by atoms with Crippen LogP contribution in [0.5, 0.6) is 11.5 Å². The van der Waals surface area contributed by atoms with E-state index in [4.69, 9.17) is 4.74 Å². The van der Waals surface area contributed by atoms with Gasteiger partial charge in [0.2, 0.25) is 0 Å². The molecule has 6 rings (SSSR count). The van der Waals surface area contributed by atoms with Crippen molar-refractivity contribution in [2.45, 2.75) is 13.1 Å². The van der Waals surface area contributed by atoms with Gasteiger partial charge in [0.1, 0.15) is 17.3 Å². The molecule has 1 amide bonds. The molecule has 3 heterocycles. The number of hydrogen-bond acceptors (Lipinski definition) is 7. The van der Waals surface area contributed by atoms with Crippen LogP contribution in [-0.2, 0) is 6.18 Å². The molecule has 0 radical (unpaired) electrons. The highest BCUT2D eigenvalue weighted by atomic mass is 32.1. The number of benzene rings is 3. The van der Waals surface area contributed by atoms with Gasteiger partial charge >= 0.3 is 6.18 Å². The van der Waals surface area contributed by atoms with Gasteiger partial charge < -0.3 is 19.9 Å². The van der Waals surface area contributed by atoms with Gasteiger partial charge in [-0.05, 0) is 66.2 Å². The molecule has 0 aliphatic heterocycles. The van der Waals surface area contributed by atoms with Gasteiger partial charge in [0.15, 0.2) is 5.13 Å². The van der Waals surface area contributed by atoms with Crippen LogP contribution < -0.4 is 15.4 Å². The number of fused-ring (bicyclic) bond motifs is 1. The number of hydrogen-bond donors (Lipinski definition) is 2. The summed E-state index contributed by atoms with van der Waals surface area (Å²) in [6, 6.07) is 17.2. The number of aromatic nitrogens is 4. The van der Waals surface area contributed by atoms with E-state index in [2.05, 4.69) is 25.6 Å². The lowest BCUT2D eigenvalue weighted by atomic mass is 10.0. The third-order valence-corrected chi connectivity index (χ3v) is 6.93. The van der Waals surface area contributed by atoms with Crippen LogP contribution in [0.4, 0.5) is 29.8 Å². The van der Waals surface area contributed by atoms with Crippen LogP contribution in [0.2, 0.25) is 0 Å². The van der Waals surface area contributed by atoms with Gasteiger partial charge in [-0.25, -0.2) is 15.0 Å². The maximum atomic E-state index is 13.7. The Morgan fingerprint density at radius 2 is 1.81 bits per heavy atom. The molecule has 6 aromatic rings. The Morgan fingerprint density at radius 1 is 0.952 bits per heavy atom. The van der Waals surface area contributed by atoms with E-state index in [-0.39, 0.29) is 11.4 Å². The molecule has 0 aliphatic rings. The average Bonchev–Trinajstić information content (AvgIpc) is 3.64. The zero-order chi connectivity index (χ0) is 29.3. The summed E-state index contributed by atoms with van der Waals surface area (Å²) in [6.07, 6.45) is 1.73. The first-order valence-corrected chi connectivity index (χ1v) is 13.5. The van der Waals surface area contributed by atoms with Gasteiger partial charge in [-0.3, -0.25) is 4.79 Å². The van der Waals surface area contributed by atoms with Gasteiger partial charge in [-0.2, -0.15) is 13.2 Å². The molecule has 0 atom stereocenters. The number of aryl methyl sites for hydroxylation is 1. The van der Waals surface area contributed by atoms with Gasteiger partial charge in [-0.15, -0.1) is 11.3 Å². The van der Waals surface area contributed by atoms with E-state index in [1.165, 1.54) is 28.3 Å². The molecule has 8 nitrogen and oxygen atoms in total. The van der Waals surface area contributed by atoms with E-state index in [1.807, 2.05) is 11.4 Å². The van der Waals surface area contributed by atoms with Crippen molar-refractivity contribution in [2.24, 2.45) is 0 Å². The molecule has 0 saturated carbocycles. The lowest BCUT2D eigenvalue weighted by Crippen LogP contribution is -2.14. The predicted molar refractivity (Wildman–Crippen MR) is 155 cm³/mol. The number of carbonyl (C=O) groups is 1. The molecule has 3 aromatic heterocycles. The molecule has 2 N–H and O–H groups in total. The van der Waals surface area contributed by atoms with E-state index in [0.717, 1.165) is 12.1 Å². The molecule has 0 saturated heterocycles. The summed E-state index contributed by atoms with van der Waals surface area (Å²) in [5, 5.41) is 9.63. The highest BCUT2D eigenvalue weighted by Crippen LogP contribution is 2.34. The summed E-state index contributed by atoms with van der Waals surface area (Å²) in [4.78, 5) is 25.9. The molecular weight excluding hydrogens is 565 g/mol. The molecule has 0 bridgehead atoms. The van der Waals surface area contributed by atoms with E-state index in [9.17, 15) is 18.0 Å². The number of alkyl halides is 3. The number of imidazole rings is 1. The Labute approximate surface area is 241 Å². The van der Waals surface area contributed by atoms with Gasteiger partial charge in [0.25, 0.3) is 5.91 Å². The number of rotatable bonds is 7. The summed E-state index contributed by atoms with van der Waals surface area (Å²) in [5.74, 6) is 1.10. The van der Waals surface area contributed by atoms with Crippen LogP contribution in [0.3, 0.4) is 0 Å².